The predicted octanol–water partition coefficient (Wildman–Crippen LogP) is 2.23. The van der Waals surface area contributed by atoms with Crippen molar-refractivity contribution in [1.82, 2.24) is 45.3 Å². The zero-order valence-corrected chi connectivity index (χ0v) is 50.0. The van der Waals surface area contributed by atoms with Crippen molar-refractivity contribution in [3.05, 3.63) is 29.8 Å². The number of esters is 1. The zero-order chi connectivity index (χ0) is 59.9. The van der Waals surface area contributed by atoms with Gasteiger partial charge in [-0.3, -0.25) is 43.2 Å². The number of benzene rings is 1. The van der Waals surface area contributed by atoms with Crippen LogP contribution in [0.5, 0.6) is 5.75 Å². The Hall–Kier alpha value is -6.32. The maximum atomic E-state index is 14.9. The SMILES string of the molecule is CC[C@H](C)[C@H]1C(=O)NCC(=O)N(C)[C@@H](C(C)C)C(=O)N[C@@H](Cc2ccc(OC)cc2)C(=O)O[C@H](C)C(=O)N2CCCC[C@H]2C(=O)N(C)[C@@H](C(C)C)C(=O)N[C@@H](C(C)C)C(=O)N(C)[C@@H](CCO)C(=O)N(C)[C@@H]([C@@H](C)CC)C(=O)N1C. The molecule has 0 bridgehead atoms. The van der Waals surface area contributed by atoms with E-state index in [9.17, 15) is 53.1 Å². The van der Waals surface area contributed by atoms with Crippen molar-refractivity contribution in [2.45, 2.75) is 176 Å². The molecule has 1 aromatic carbocycles. The molecule has 3 rings (SSSR count). The minimum Gasteiger partial charge on any atom is -0.497 e. The van der Waals surface area contributed by atoms with Crippen LogP contribution >= 0.6 is 0 Å². The van der Waals surface area contributed by atoms with Crippen molar-refractivity contribution in [3.8, 4) is 5.75 Å². The molecule has 0 aromatic heterocycles. The van der Waals surface area contributed by atoms with E-state index >= 15 is 0 Å². The second-order valence-corrected chi connectivity index (χ2v) is 22.6. The van der Waals surface area contributed by atoms with E-state index in [-0.39, 0.29) is 25.8 Å². The van der Waals surface area contributed by atoms with Crippen LogP contribution in [-0.2, 0) is 59.1 Å². The Morgan fingerprint density at radius 2 is 1.15 bits per heavy atom. The summed E-state index contributed by atoms with van der Waals surface area (Å²) in [6, 6.07) is -2.92. The number of aliphatic hydroxyl groups is 1. The van der Waals surface area contributed by atoms with Crippen LogP contribution < -0.4 is 20.7 Å². The van der Waals surface area contributed by atoms with E-state index in [0.29, 0.717) is 37.0 Å². The van der Waals surface area contributed by atoms with Gasteiger partial charge in [-0.25, -0.2) is 4.79 Å². The molecule has 79 heavy (non-hydrogen) atoms. The summed E-state index contributed by atoms with van der Waals surface area (Å²) in [7, 11) is 8.60. The molecule has 1 aromatic rings. The highest BCUT2D eigenvalue weighted by Crippen LogP contribution is 2.26. The minimum absolute atomic E-state index is 0.101. The third-order valence-corrected chi connectivity index (χ3v) is 15.9. The fourth-order valence-corrected chi connectivity index (χ4v) is 10.7. The number of methoxy groups -OCH3 is 1. The normalized spacial score (nSPS) is 27.0. The quantitative estimate of drug-likeness (QED) is 0.219. The summed E-state index contributed by atoms with van der Waals surface area (Å²) in [4.78, 5) is 153. The first-order valence-corrected chi connectivity index (χ1v) is 28.0. The number of carbonyl (C=O) groups is 10. The Kier molecular flexibility index (Phi) is 25.7. The van der Waals surface area contributed by atoms with Crippen LogP contribution in [0, 0.1) is 29.6 Å². The molecule has 0 aliphatic carbocycles. The molecule has 2 fully saturated rings. The van der Waals surface area contributed by atoms with Gasteiger partial charge in [-0.05, 0) is 79.9 Å². The Bertz CT molecular complexity index is 2300. The Morgan fingerprint density at radius 3 is 1.68 bits per heavy atom. The summed E-state index contributed by atoms with van der Waals surface area (Å²) < 4.78 is 11.2. The number of rotatable bonds is 12. The molecular weight excluding hydrogens is 1020 g/mol. The minimum atomic E-state index is -1.45. The summed E-state index contributed by atoms with van der Waals surface area (Å²) in [5.74, 6) is -8.90. The molecule has 2 heterocycles. The fourth-order valence-electron chi connectivity index (χ4n) is 10.7. The Balaban J connectivity index is 2.26. The van der Waals surface area contributed by atoms with Crippen LogP contribution in [-0.4, -0.2) is 210 Å². The summed E-state index contributed by atoms with van der Waals surface area (Å²) in [6.07, 6.45) is 0.388. The first kappa shape index (κ1) is 67.0. The molecule has 444 valence electrons. The molecule has 2 aliphatic rings. The lowest BCUT2D eigenvalue weighted by atomic mass is 9.92. The van der Waals surface area contributed by atoms with Gasteiger partial charge in [0.2, 0.25) is 47.3 Å². The Labute approximate surface area is 468 Å². The molecule has 11 atom stereocenters. The highest BCUT2D eigenvalue weighted by Gasteiger charge is 2.45. The van der Waals surface area contributed by atoms with Crippen LogP contribution in [0.1, 0.15) is 120 Å². The zero-order valence-electron chi connectivity index (χ0n) is 50.0. The Morgan fingerprint density at radius 1 is 0.620 bits per heavy atom. The molecule has 22 nitrogen and oxygen atoms in total. The molecule has 9 amide bonds. The van der Waals surface area contributed by atoms with E-state index in [2.05, 4.69) is 16.0 Å². The molecule has 4 N–H and O–H groups in total. The van der Waals surface area contributed by atoms with Gasteiger partial charge >= 0.3 is 5.97 Å². The van der Waals surface area contributed by atoms with Crippen LogP contribution in [0.15, 0.2) is 24.3 Å². The summed E-state index contributed by atoms with van der Waals surface area (Å²) >= 11 is 0. The topological polar surface area (TPSA) is 265 Å². The number of likely N-dealkylation sites (N-methyl/N-ethyl adjacent to an activating group) is 5. The number of fused-ring (bicyclic) bond motifs is 1. The van der Waals surface area contributed by atoms with Crippen molar-refractivity contribution >= 4 is 59.1 Å². The third kappa shape index (κ3) is 16.6. The van der Waals surface area contributed by atoms with E-state index in [0.717, 1.165) is 4.90 Å². The standard InChI is InChI=1S/C57H93N9O13/c1-18-35(9)47-49(69)58-31-43(68)62(13)45(33(5)6)50(70)59-40(30-38-23-25-39(78-17)26-24-38)57(77)79-37(11)52(72)66-28-21-20-22-42(66)54(74)63(14)46(34(7)8)51(71)60-44(32(3)4)55(75)61(12)41(27-29-67)53(73)65(16)48(36(10)19-2)56(76)64(47)15/h23-26,32-37,40-42,44-48,67H,18-22,27-31H2,1-17H3,(H,58,69)(H,59,70)(H,60,71)/t35-,36-,37+,40-,41-,42-,44-,45-,46-,47-,48-/m0/s1. The first-order valence-electron chi connectivity index (χ1n) is 28.0. The van der Waals surface area contributed by atoms with Crippen LogP contribution in [0.25, 0.3) is 0 Å². The number of carbonyl (C=O) groups excluding carboxylic acids is 10. The van der Waals surface area contributed by atoms with Gasteiger partial charge in [0.25, 0.3) is 5.91 Å². The highest BCUT2D eigenvalue weighted by molar-refractivity contribution is 5.99. The van der Waals surface area contributed by atoms with Gasteiger partial charge in [-0.2, -0.15) is 0 Å². The second kappa shape index (κ2) is 30.3. The number of nitrogens with one attached hydrogen (secondary N) is 3. The van der Waals surface area contributed by atoms with Crippen LogP contribution in [0.4, 0.5) is 0 Å². The lowest BCUT2D eigenvalue weighted by molar-refractivity contribution is -0.165. The largest absolute Gasteiger partial charge is 0.497 e. The predicted molar refractivity (Wildman–Crippen MR) is 296 cm³/mol. The van der Waals surface area contributed by atoms with Crippen molar-refractivity contribution in [1.29, 1.82) is 0 Å². The molecular formula is C57H93N9O13. The molecule has 0 saturated carbocycles. The van der Waals surface area contributed by atoms with Gasteiger partial charge in [-0.15, -0.1) is 0 Å². The molecule has 0 spiro atoms. The van der Waals surface area contributed by atoms with Gasteiger partial charge in [0.1, 0.15) is 54.1 Å². The first-order chi connectivity index (χ1) is 37.0. The smallest absolute Gasteiger partial charge is 0.329 e. The average molecular weight is 1110 g/mol. The monoisotopic (exact) mass is 1110 g/mol. The number of cyclic esters (lactones) is 1. The summed E-state index contributed by atoms with van der Waals surface area (Å²) in [5.41, 5.74) is 0.593. The van der Waals surface area contributed by atoms with Crippen molar-refractivity contribution in [2.75, 3.05) is 62.0 Å². The number of ether oxygens (including phenoxy) is 2. The van der Waals surface area contributed by atoms with E-state index in [1.807, 2.05) is 13.8 Å². The number of hydrogen-bond acceptors (Lipinski definition) is 13. The second-order valence-electron chi connectivity index (χ2n) is 22.6. The van der Waals surface area contributed by atoms with Gasteiger partial charge in [0.05, 0.1) is 13.7 Å². The lowest BCUT2D eigenvalue weighted by Gasteiger charge is -2.41. The summed E-state index contributed by atoms with van der Waals surface area (Å²) in [5, 5.41) is 18.6. The molecule has 22 heteroatoms. The average Bonchev–Trinajstić information content (AvgIpc) is 3.41. The van der Waals surface area contributed by atoms with Crippen molar-refractivity contribution < 1.29 is 62.5 Å². The van der Waals surface area contributed by atoms with Gasteiger partial charge < -0.3 is 59.9 Å². The van der Waals surface area contributed by atoms with Crippen molar-refractivity contribution in [2.24, 2.45) is 29.6 Å². The molecule has 2 saturated heterocycles. The van der Waals surface area contributed by atoms with Crippen molar-refractivity contribution in [3.63, 3.8) is 0 Å². The maximum absolute atomic E-state index is 14.9. The van der Waals surface area contributed by atoms with Gasteiger partial charge in [0, 0.05) is 54.8 Å². The number of amides is 9. The van der Waals surface area contributed by atoms with Crippen LogP contribution in [0.3, 0.4) is 0 Å². The molecule has 0 unspecified atom stereocenters. The third-order valence-electron chi connectivity index (χ3n) is 15.9. The van der Waals surface area contributed by atoms with Crippen LogP contribution in [0.2, 0.25) is 0 Å². The lowest BCUT2D eigenvalue weighted by Crippen LogP contribution is -2.63. The van der Waals surface area contributed by atoms with E-state index in [4.69, 9.17) is 9.47 Å². The maximum Gasteiger partial charge on any atom is 0.329 e. The van der Waals surface area contributed by atoms with Gasteiger partial charge in [-0.1, -0.05) is 94.2 Å². The van der Waals surface area contributed by atoms with E-state index in [1.165, 1.54) is 73.8 Å². The van der Waals surface area contributed by atoms with E-state index in [1.54, 1.807) is 79.7 Å². The van der Waals surface area contributed by atoms with E-state index < -0.39 is 156 Å². The van der Waals surface area contributed by atoms with Gasteiger partial charge in [0.15, 0.2) is 6.10 Å². The number of aliphatic hydroxyl groups excluding tert-OH is 1. The molecule has 0 radical (unpaired) electrons. The number of nitrogens with zero attached hydrogens (tertiary/aromatic N) is 6. The fraction of sp³-hybridized carbons (Fsp3) is 0.719. The number of piperidine rings is 1. The number of hydrogen-bond donors (Lipinski definition) is 4. The summed E-state index contributed by atoms with van der Waals surface area (Å²) in [6.45, 7) is 17.9. The molecule has 2 aliphatic heterocycles. The highest BCUT2D eigenvalue weighted by atomic mass is 16.5.